The fourth-order valence-corrected chi connectivity index (χ4v) is 2.58. The summed E-state index contributed by atoms with van der Waals surface area (Å²) in [5.41, 5.74) is 0. The van der Waals surface area contributed by atoms with Crippen LogP contribution in [0.5, 0.6) is 0 Å². The molecule has 1 aromatic heterocycles. The number of aryl methyl sites for hydroxylation is 1. The average molecular weight is 237 g/mol. The number of carboxylic acid groups (broad SMARTS) is 1. The van der Waals surface area contributed by atoms with Gasteiger partial charge in [-0.1, -0.05) is 6.92 Å². The monoisotopic (exact) mass is 237 g/mol. The minimum absolute atomic E-state index is 0.210. The molecule has 94 valence electrons. The number of rotatable bonds is 3. The van der Waals surface area contributed by atoms with E-state index in [1.165, 1.54) is 0 Å². The summed E-state index contributed by atoms with van der Waals surface area (Å²) in [5, 5.41) is 9.31. The lowest BCUT2D eigenvalue weighted by atomic mass is 9.91. The number of nitrogens with zero attached hydrogens (tertiary/aromatic N) is 3. The van der Waals surface area contributed by atoms with Crippen molar-refractivity contribution < 1.29 is 9.90 Å². The first-order valence-electron chi connectivity index (χ1n) is 6.02. The molecule has 1 aliphatic heterocycles. The summed E-state index contributed by atoms with van der Waals surface area (Å²) >= 11 is 0. The molecule has 0 saturated carbocycles. The first kappa shape index (κ1) is 12.1. The van der Waals surface area contributed by atoms with E-state index in [-0.39, 0.29) is 12.0 Å². The van der Waals surface area contributed by atoms with Gasteiger partial charge in [-0.2, -0.15) is 0 Å². The molecule has 0 aliphatic carbocycles. The van der Waals surface area contributed by atoms with Gasteiger partial charge >= 0.3 is 5.97 Å². The van der Waals surface area contributed by atoms with E-state index in [1.807, 2.05) is 29.6 Å². The summed E-state index contributed by atoms with van der Waals surface area (Å²) < 4.78 is 1.94. The van der Waals surface area contributed by atoms with E-state index < -0.39 is 5.97 Å². The number of likely N-dealkylation sites (tertiary alicyclic amines) is 1. The number of imidazole rings is 1. The highest BCUT2D eigenvalue weighted by molar-refractivity contribution is 5.74. The summed E-state index contributed by atoms with van der Waals surface area (Å²) in [4.78, 5) is 17.6. The third-order valence-corrected chi connectivity index (χ3v) is 3.56. The molecule has 1 N–H and O–H groups in total. The number of aromatic nitrogens is 2. The van der Waals surface area contributed by atoms with Crippen molar-refractivity contribution in [3.63, 3.8) is 0 Å². The van der Waals surface area contributed by atoms with E-state index in [0.29, 0.717) is 6.54 Å². The molecule has 2 atom stereocenters. The first-order valence-corrected chi connectivity index (χ1v) is 6.02. The lowest BCUT2D eigenvalue weighted by molar-refractivity contribution is -0.147. The molecule has 2 rings (SSSR count). The Balaban J connectivity index is 2.12. The summed E-state index contributed by atoms with van der Waals surface area (Å²) in [6.07, 6.45) is 5.69. The summed E-state index contributed by atoms with van der Waals surface area (Å²) in [6.45, 7) is 3.47. The van der Waals surface area contributed by atoms with Gasteiger partial charge in [-0.3, -0.25) is 9.69 Å². The van der Waals surface area contributed by atoms with Crippen LogP contribution >= 0.6 is 0 Å². The van der Waals surface area contributed by atoms with Crippen molar-refractivity contribution in [3.8, 4) is 0 Å². The van der Waals surface area contributed by atoms with Crippen LogP contribution in [0.15, 0.2) is 12.4 Å². The largest absolute Gasteiger partial charge is 0.480 e. The second kappa shape index (κ2) is 4.87. The van der Waals surface area contributed by atoms with Crippen molar-refractivity contribution in [1.29, 1.82) is 0 Å². The third kappa shape index (κ3) is 2.49. The lowest BCUT2D eigenvalue weighted by Gasteiger charge is -2.36. The molecular formula is C12H19N3O2. The Kier molecular flexibility index (Phi) is 3.47. The predicted molar refractivity (Wildman–Crippen MR) is 63.4 cm³/mol. The smallest absolute Gasteiger partial charge is 0.321 e. The van der Waals surface area contributed by atoms with Crippen molar-refractivity contribution in [2.75, 3.05) is 6.54 Å². The molecule has 0 radical (unpaired) electrons. The Morgan fingerprint density at radius 1 is 1.65 bits per heavy atom. The van der Waals surface area contributed by atoms with Crippen LogP contribution in [0.4, 0.5) is 0 Å². The maximum Gasteiger partial charge on any atom is 0.321 e. The Morgan fingerprint density at radius 2 is 2.41 bits per heavy atom. The van der Waals surface area contributed by atoms with Gasteiger partial charge in [0.2, 0.25) is 0 Å². The van der Waals surface area contributed by atoms with Gasteiger partial charge in [0.15, 0.2) is 0 Å². The normalized spacial score (nSPS) is 26.0. The van der Waals surface area contributed by atoms with Crippen LogP contribution in [0.1, 0.15) is 25.6 Å². The zero-order valence-corrected chi connectivity index (χ0v) is 10.3. The Hall–Kier alpha value is -1.36. The SMILES string of the molecule is CC1CCCN(Cc2nccn2C)C1C(=O)O. The van der Waals surface area contributed by atoms with E-state index >= 15 is 0 Å². The van der Waals surface area contributed by atoms with Crippen LogP contribution in [-0.4, -0.2) is 38.1 Å². The molecule has 0 bridgehead atoms. The van der Waals surface area contributed by atoms with E-state index in [2.05, 4.69) is 4.98 Å². The quantitative estimate of drug-likeness (QED) is 0.855. The van der Waals surface area contributed by atoms with Crippen molar-refractivity contribution in [3.05, 3.63) is 18.2 Å². The van der Waals surface area contributed by atoms with Crippen molar-refractivity contribution in [1.82, 2.24) is 14.5 Å². The molecular weight excluding hydrogens is 218 g/mol. The Labute approximate surface area is 101 Å². The zero-order valence-electron chi connectivity index (χ0n) is 10.3. The van der Waals surface area contributed by atoms with Gasteiger partial charge in [0.25, 0.3) is 0 Å². The number of aliphatic carboxylic acids is 1. The Bertz CT molecular complexity index is 402. The molecule has 2 unspecified atom stereocenters. The van der Waals surface area contributed by atoms with E-state index in [4.69, 9.17) is 0 Å². The molecule has 5 heteroatoms. The summed E-state index contributed by atoms with van der Waals surface area (Å²) in [7, 11) is 1.94. The number of piperidine rings is 1. The van der Waals surface area contributed by atoms with Crippen molar-refractivity contribution in [2.45, 2.75) is 32.4 Å². The lowest BCUT2D eigenvalue weighted by Crippen LogP contribution is -2.48. The fourth-order valence-electron chi connectivity index (χ4n) is 2.58. The van der Waals surface area contributed by atoms with Gasteiger partial charge < -0.3 is 9.67 Å². The minimum Gasteiger partial charge on any atom is -0.480 e. The van der Waals surface area contributed by atoms with Crippen molar-refractivity contribution in [2.24, 2.45) is 13.0 Å². The summed E-state index contributed by atoms with van der Waals surface area (Å²) in [5.74, 6) is 0.415. The topological polar surface area (TPSA) is 58.4 Å². The molecule has 0 aromatic carbocycles. The number of carboxylic acids is 1. The molecule has 1 aliphatic rings. The third-order valence-electron chi connectivity index (χ3n) is 3.56. The highest BCUT2D eigenvalue weighted by Gasteiger charge is 2.34. The van der Waals surface area contributed by atoms with Gasteiger partial charge in [-0.05, 0) is 25.3 Å². The number of hydrogen-bond donors (Lipinski definition) is 1. The summed E-state index contributed by atoms with van der Waals surface area (Å²) in [6, 6.07) is -0.375. The maximum absolute atomic E-state index is 11.3. The molecule has 2 heterocycles. The van der Waals surface area contributed by atoms with Crippen LogP contribution in [0.25, 0.3) is 0 Å². The fraction of sp³-hybridized carbons (Fsp3) is 0.667. The molecule has 1 fully saturated rings. The second-order valence-electron chi connectivity index (χ2n) is 4.83. The second-order valence-corrected chi connectivity index (χ2v) is 4.83. The van der Waals surface area contributed by atoms with E-state index in [9.17, 15) is 9.90 Å². The molecule has 5 nitrogen and oxygen atoms in total. The van der Waals surface area contributed by atoms with E-state index in [0.717, 1.165) is 25.2 Å². The number of hydrogen-bond acceptors (Lipinski definition) is 3. The highest BCUT2D eigenvalue weighted by atomic mass is 16.4. The first-order chi connectivity index (χ1) is 8.09. The maximum atomic E-state index is 11.3. The van der Waals surface area contributed by atoms with Crippen LogP contribution < -0.4 is 0 Å². The van der Waals surface area contributed by atoms with Crippen LogP contribution in [0, 0.1) is 5.92 Å². The minimum atomic E-state index is -0.716. The van der Waals surface area contributed by atoms with E-state index in [1.54, 1.807) is 6.20 Å². The molecule has 17 heavy (non-hydrogen) atoms. The van der Waals surface area contributed by atoms with Gasteiger partial charge in [-0.15, -0.1) is 0 Å². The molecule has 0 amide bonds. The highest BCUT2D eigenvalue weighted by Crippen LogP contribution is 2.24. The average Bonchev–Trinajstić information content (AvgIpc) is 2.64. The standard InChI is InChI=1S/C12H19N3O2/c1-9-4-3-6-15(11(9)12(16)17)8-10-13-5-7-14(10)2/h5,7,9,11H,3-4,6,8H2,1-2H3,(H,16,17). The van der Waals surface area contributed by atoms with Crippen LogP contribution in [0.2, 0.25) is 0 Å². The number of carbonyl (C=O) groups is 1. The molecule has 1 aromatic rings. The van der Waals surface area contributed by atoms with Gasteiger partial charge in [0.1, 0.15) is 11.9 Å². The Morgan fingerprint density at radius 3 is 3.00 bits per heavy atom. The van der Waals surface area contributed by atoms with Crippen molar-refractivity contribution >= 4 is 5.97 Å². The predicted octanol–water partition coefficient (Wildman–Crippen LogP) is 1.11. The van der Waals surface area contributed by atoms with Crippen LogP contribution in [0.3, 0.4) is 0 Å². The van der Waals surface area contributed by atoms with Gasteiger partial charge in [-0.25, -0.2) is 4.98 Å². The van der Waals surface area contributed by atoms with Gasteiger partial charge in [0.05, 0.1) is 6.54 Å². The zero-order chi connectivity index (χ0) is 12.4. The van der Waals surface area contributed by atoms with Gasteiger partial charge in [0, 0.05) is 19.4 Å². The molecule has 0 spiro atoms. The molecule has 1 saturated heterocycles. The van der Waals surface area contributed by atoms with Crippen LogP contribution in [-0.2, 0) is 18.4 Å².